The molecule has 0 aliphatic carbocycles. The standard InChI is InChI=1S/C9H12NP/c1-8(11(2)3)9-6-4-5-7-10-9/h4-7H,1H2,2-3H3. The molecule has 58 valence electrons. The van der Waals surface area contributed by atoms with Crippen LogP contribution in [-0.2, 0) is 0 Å². The van der Waals surface area contributed by atoms with Crippen LogP contribution >= 0.6 is 7.92 Å². The highest BCUT2D eigenvalue weighted by Gasteiger charge is 2.01. The summed E-state index contributed by atoms with van der Waals surface area (Å²) >= 11 is 0. The van der Waals surface area contributed by atoms with E-state index in [0.29, 0.717) is 0 Å². The maximum atomic E-state index is 4.22. The summed E-state index contributed by atoms with van der Waals surface area (Å²) in [5.41, 5.74) is 1.03. The van der Waals surface area contributed by atoms with Crippen LogP contribution in [0.2, 0.25) is 0 Å². The third-order valence-electron chi connectivity index (χ3n) is 1.50. The van der Waals surface area contributed by atoms with Gasteiger partial charge in [-0.05, 0) is 30.8 Å². The van der Waals surface area contributed by atoms with E-state index in [1.165, 1.54) is 5.31 Å². The second-order valence-corrected chi connectivity index (χ2v) is 4.88. The zero-order chi connectivity index (χ0) is 8.27. The molecule has 0 spiro atoms. The highest BCUT2D eigenvalue weighted by molar-refractivity contribution is 7.66. The first-order chi connectivity index (χ1) is 5.22. The largest absolute Gasteiger partial charge is 0.256 e. The van der Waals surface area contributed by atoms with Gasteiger partial charge in [0.2, 0.25) is 0 Å². The summed E-state index contributed by atoms with van der Waals surface area (Å²) < 4.78 is 0. The van der Waals surface area contributed by atoms with E-state index in [0.717, 1.165) is 5.69 Å². The molecule has 2 heteroatoms. The third-order valence-corrected chi connectivity index (χ3v) is 2.81. The van der Waals surface area contributed by atoms with Crippen molar-refractivity contribution < 1.29 is 0 Å². The van der Waals surface area contributed by atoms with Crippen molar-refractivity contribution in [1.82, 2.24) is 4.98 Å². The lowest BCUT2D eigenvalue weighted by Crippen LogP contribution is -1.83. The van der Waals surface area contributed by atoms with Gasteiger partial charge in [0.1, 0.15) is 0 Å². The van der Waals surface area contributed by atoms with Crippen LogP contribution in [0, 0.1) is 0 Å². The van der Waals surface area contributed by atoms with Gasteiger partial charge in [-0.25, -0.2) is 0 Å². The number of hydrogen-bond donors (Lipinski definition) is 0. The van der Waals surface area contributed by atoms with Gasteiger partial charge in [0, 0.05) is 6.20 Å². The maximum Gasteiger partial charge on any atom is 0.0700 e. The number of aromatic nitrogens is 1. The van der Waals surface area contributed by atoms with Crippen molar-refractivity contribution in [3.05, 3.63) is 36.7 Å². The molecule has 1 heterocycles. The summed E-state index contributed by atoms with van der Waals surface area (Å²) in [4.78, 5) is 4.22. The molecule has 0 bridgehead atoms. The Hall–Kier alpha value is -0.680. The highest BCUT2D eigenvalue weighted by atomic mass is 31.1. The lowest BCUT2D eigenvalue weighted by molar-refractivity contribution is 1.29. The van der Waals surface area contributed by atoms with Crippen molar-refractivity contribution in [1.29, 1.82) is 0 Å². The molecule has 0 aliphatic heterocycles. The number of nitrogens with zero attached hydrogens (tertiary/aromatic N) is 1. The molecule has 0 amide bonds. The lowest BCUT2D eigenvalue weighted by atomic mass is 10.3. The molecule has 1 rings (SSSR count). The van der Waals surface area contributed by atoms with Crippen LogP contribution in [0.1, 0.15) is 5.69 Å². The minimum Gasteiger partial charge on any atom is -0.256 e. The Morgan fingerprint density at radius 1 is 1.45 bits per heavy atom. The summed E-state index contributed by atoms with van der Waals surface area (Å²) in [6, 6.07) is 5.92. The topological polar surface area (TPSA) is 12.9 Å². The van der Waals surface area contributed by atoms with Gasteiger partial charge in [0.25, 0.3) is 0 Å². The molecule has 1 nitrogen and oxygen atoms in total. The minimum absolute atomic E-state index is 0.0949. The van der Waals surface area contributed by atoms with E-state index in [1.54, 1.807) is 6.20 Å². The molecule has 11 heavy (non-hydrogen) atoms. The van der Waals surface area contributed by atoms with Crippen LogP contribution in [0.15, 0.2) is 31.0 Å². The second kappa shape index (κ2) is 3.64. The maximum absolute atomic E-state index is 4.22. The van der Waals surface area contributed by atoms with Crippen molar-refractivity contribution >= 4 is 13.2 Å². The Balaban J connectivity index is 2.86. The minimum atomic E-state index is -0.0949. The lowest BCUT2D eigenvalue weighted by Gasteiger charge is -2.07. The summed E-state index contributed by atoms with van der Waals surface area (Å²) in [5.74, 6) is 0. The zero-order valence-corrected chi connectivity index (χ0v) is 7.81. The molecule has 0 fully saturated rings. The summed E-state index contributed by atoms with van der Waals surface area (Å²) in [6.07, 6.45) is 1.80. The van der Waals surface area contributed by atoms with Crippen molar-refractivity contribution in [2.45, 2.75) is 0 Å². The molecule has 0 saturated heterocycles. The molecule has 1 aromatic heterocycles. The Kier molecular flexibility index (Phi) is 2.78. The SMILES string of the molecule is C=C(c1ccccn1)P(C)C. The van der Waals surface area contributed by atoms with E-state index in [1.807, 2.05) is 18.2 Å². The van der Waals surface area contributed by atoms with E-state index in [-0.39, 0.29) is 7.92 Å². The highest BCUT2D eigenvalue weighted by Crippen LogP contribution is 2.40. The Labute approximate surface area is 68.9 Å². The van der Waals surface area contributed by atoms with E-state index < -0.39 is 0 Å². The van der Waals surface area contributed by atoms with E-state index in [9.17, 15) is 0 Å². The van der Waals surface area contributed by atoms with Crippen LogP contribution in [-0.4, -0.2) is 18.3 Å². The zero-order valence-electron chi connectivity index (χ0n) is 6.91. The Morgan fingerprint density at radius 3 is 2.64 bits per heavy atom. The predicted octanol–water partition coefficient (Wildman–Crippen LogP) is 2.79. The van der Waals surface area contributed by atoms with Gasteiger partial charge < -0.3 is 0 Å². The Morgan fingerprint density at radius 2 is 2.18 bits per heavy atom. The molecule has 0 unspecified atom stereocenters. The number of hydrogen-bond acceptors (Lipinski definition) is 1. The number of pyridine rings is 1. The van der Waals surface area contributed by atoms with Gasteiger partial charge in [-0.2, -0.15) is 0 Å². The first kappa shape index (κ1) is 8.42. The molecular weight excluding hydrogens is 153 g/mol. The van der Waals surface area contributed by atoms with Crippen LogP contribution in [0.4, 0.5) is 0 Å². The van der Waals surface area contributed by atoms with E-state index >= 15 is 0 Å². The molecule has 0 N–H and O–H groups in total. The number of rotatable bonds is 2. The predicted molar refractivity (Wildman–Crippen MR) is 52.0 cm³/mol. The van der Waals surface area contributed by atoms with Crippen LogP contribution < -0.4 is 0 Å². The van der Waals surface area contributed by atoms with E-state index in [4.69, 9.17) is 0 Å². The molecular formula is C9H12NP. The van der Waals surface area contributed by atoms with Crippen molar-refractivity contribution in [3.8, 4) is 0 Å². The second-order valence-electron chi connectivity index (χ2n) is 2.56. The smallest absolute Gasteiger partial charge is 0.0700 e. The average Bonchev–Trinajstić information content (AvgIpc) is 2.05. The summed E-state index contributed by atoms with van der Waals surface area (Å²) in [5, 5.41) is 1.17. The molecule has 0 atom stereocenters. The monoisotopic (exact) mass is 165 g/mol. The summed E-state index contributed by atoms with van der Waals surface area (Å²) in [6.45, 7) is 8.36. The fraction of sp³-hybridized carbons (Fsp3) is 0.222. The van der Waals surface area contributed by atoms with Gasteiger partial charge in [0.05, 0.1) is 5.69 Å². The van der Waals surface area contributed by atoms with Crippen molar-refractivity contribution in [2.24, 2.45) is 0 Å². The van der Waals surface area contributed by atoms with Crippen molar-refractivity contribution in [2.75, 3.05) is 13.3 Å². The average molecular weight is 165 g/mol. The van der Waals surface area contributed by atoms with Crippen molar-refractivity contribution in [3.63, 3.8) is 0 Å². The molecule has 0 saturated carbocycles. The molecule has 1 aromatic rings. The van der Waals surface area contributed by atoms with Gasteiger partial charge in [-0.3, -0.25) is 4.98 Å². The van der Waals surface area contributed by atoms with E-state index in [2.05, 4.69) is 24.9 Å². The van der Waals surface area contributed by atoms with Gasteiger partial charge in [0.15, 0.2) is 0 Å². The molecule has 0 aliphatic rings. The quantitative estimate of drug-likeness (QED) is 0.614. The fourth-order valence-corrected chi connectivity index (χ4v) is 1.35. The van der Waals surface area contributed by atoms with Gasteiger partial charge >= 0.3 is 0 Å². The fourth-order valence-electron chi connectivity index (χ4n) is 0.763. The van der Waals surface area contributed by atoms with Crippen LogP contribution in [0.25, 0.3) is 5.31 Å². The Bertz CT molecular complexity index is 241. The first-order valence-corrected chi connectivity index (χ1v) is 5.73. The first-order valence-electron chi connectivity index (χ1n) is 3.49. The van der Waals surface area contributed by atoms with Crippen LogP contribution in [0.3, 0.4) is 0 Å². The summed E-state index contributed by atoms with van der Waals surface area (Å²) in [7, 11) is -0.0949. The van der Waals surface area contributed by atoms with Gasteiger partial charge in [-0.1, -0.05) is 20.6 Å². The molecule has 0 radical (unpaired) electrons. The van der Waals surface area contributed by atoms with Gasteiger partial charge in [-0.15, -0.1) is 0 Å². The normalized spacial score (nSPS) is 10.1. The molecule has 0 aromatic carbocycles. The third kappa shape index (κ3) is 2.13. The van der Waals surface area contributed by atoms with Crippen LogP contribution in [0.5, 0.6) is 0 Å².